The molecule has 0 atom stereocenters. The molecule has 2 rings (SSSR count). The first-order valence-electron chi connectivity index (χ1n) is 5.29. The molecular weight excluding hydrogens is 280 g/mol. The fourth-order valence-corrected chi connectivity index (χ4v) is 1.42. The second-order valence-corrected chi connectivity index (χ2v) is 3.71. The Balaban J connectivity index is 2.41. The van der Waals surface area contributed by atoms with E-state index in [0.717, 1.165) is 12.4 Å². The van der Waals surface area contributed by atoms with Gasteiger partial charge >= 0.3 is 6.18 Å². The number of hydrogen-bond donors (Lipinski definition) is 1. The molecular formula is C11H8F4N4O. The highest BCUT2D eigenvalue weighted by Gasteiger charge is 2.29. The van der Waals surface area contributed by atoms with Crippen molar-refractivity contribution < 1.29 is 22.3 Å². The molecule has 0 spiro atoms. The van der Waals surface area contributed by atoms with E-state index in [1.165, 1.54) is 12.3 Å². The minimum atomic E-state index is -4.55. The number of anilines is 1. The molecule has 0 saturated heterocycles. The van der Waals surface area contributed by atoms with Crippen molar-refractivity contribution in [2.24, 2.45) is 0 Å². The van der Waals surface area contributed by atoms with Gasteiger partial charge in [-0.1, -0.05) is 0 Å². The average Bonchev–Trinajstić information content (AvgIpc) is 2.37. The second-order valence-electron chi connectivity index (χ2n) is 3.71. The summed E-state index contributed by atoms with van der Waals surface area (Å²) in [5.41, 5.74) is 5.22. The summed E-state index contributed by atoms with van der Waals surface area (Å²) in [4.78, 5) is 10.7. The molecule has 0 unspecified atom stereocenters. The van der Waals surface area contributed by atoms with Gasteiger partial charge in [0.1, 0.15) is 5.82 Å². The van der Waals surface area contributed by atoms with Gasteiger partial charge in [-0.05, 0) is 6.07 Å². The fourth-order valence-electron chi connectivity index (χ4n) is 1.42. The normalized spacial score (nSPS) is 11.4. The molecule has 2 heterocycles. The molecule has 5 nitrogen and oxygen atoms in total. The van der Waals surface area contributed by atoms with Gasteiger partial charge in [0.25, 0.3) is 0 Å². The number of pyridine rings is 1. The van der Waals surface area contributed by atoms with E-state index in [9.17, 15) is 17.6 Å². The largest absolute Gasteiger partial charge is 0.467 e. The number of nitrogen functional groups attached to an aromatic ring is 1. The Morgan fingerprint density at radius 1 is 1.20 bits per heavy atom. The van der Waals surface area contributed by atoms with Crippen LogP contribution in [0.3, 0.4) is 0 Å². The topological polar surface area (TPSA) is 73.9 Å². The summed E-state index contributed by atoms with van der Waals surface area (Å²) in [5, 5.41) is 0. The van der Waals surface area contributed by atoms with E-state index < -0.39 is 24.5 Å². The Morgan fingerprint density at radius 3 is 2.60 bits per heavy atom. The van der Waals surface area contributed by atoms with Crippen molar-refractivity contribution in [3.63, 3.8) is 0 Å². The standard InChI is InChI=1S/C11H8F4N4O/c12-8-4-17-2-1-6(8)7-3-18-10(16)19-9(7)20-5-11(13,14)15/h1-4H,5H2,(H2,16,18,19). The van der Waals surface area contributed by atoms with Crippen molar-refractivity contribution >= 4 is 5.95 Å². The highest BCUT2D eigenvalue weighted by atomic mass is 19.4. The lowest BCUT2D eigenvalue weighted by Crippen LogP contribution is -2.20. The van der Waals surface area contributed by atoms with E-state index in [2.05, 4.69) is 19.7 Å². The van der Waals surface area contributed by atoms with Crippen LogP contribution < -0.4 is 10.5 Å². The number of nitrogens with zero attached hydrogens (tertiary/aromatic N) is 3. The Labute approximate surface area is 110 Å². The monoisotopic (exact) mass is 288 g/mol. The van der Waals surface area contributed by atoms with Crippen LogP contribution in [0.1, 0.15) is 0 Å². The Kier molecular flexibility index (Phi) is 3.68. The van der Waals surface area contributed by atoms with E-state index in [-0.39, 0.29) is 17.1 Å². The highest BCUT2D eigenvalue weighted by molar-refractivity contribution is 5.68. The van der Waals surface area contributed by atoms with E-state index in [0.29, 0.717) is 0 Å². The van der Waals surface area contributed by atoms with Crippen LogP contribution in [0.4, 0.5) is 23.5 Å². The summed E-state index contributed by atoms with van der Waals surface area (Å²) in [6.07, 6.45) is -1.26. The predicted octanol–water partition coefficient (Wildman–Crippen LogP) is 2.20. The molecule has 20 heavy (non-hydrogen) atoms. The minimum absolute atomic E-state index is 0.0304. The van der Waals surface area contributed by atoms with Crippen molar-refractivity contribution in [2.45, 2.75) is 6.18 Å². The molecule has 0 radical (unpaired) electrons. The molecule has 0 aliphatic carbocycles. The van der Waals surface area contributed by atoms with Crippen molar-refractivity contribution in [3.8, 4) is 17.0 Å². The van der Waals surface area contributed by atoms with Gasteiger partial charge < -0.3 is 10.5 Å². The first-order valence-corrected chi connectivity index (χ1v) is 5.29. The molecule has 0 aliphatic rings. The van der Waals surface area contributed by atoms with Crippen LogP contribution in [-0.4, -0.2) is 27.7 Å². The van der Waals surface area contributed by atoms with Crippen molar-refractivity contribution in [1.82, 2.24) is 15.0 Å². The van der Waals surface area contributed by atoms with Crippen LogP contribution >= 0.6 is 0 Å². The van der Waals surface area contributed by atoms with E-state index in [4.69, 9.17) is 5.73 Å². The quantitative estimate of drug-likeness (QED) is 0.876. The number of halogens is 4. The summed E-state index contributed by atoms with van der Waals surface area (Å²) in [6.45, 7) is -1.57. The maximum absolute atomic E-state index is 13.6. The third-order valence-electron chi connectivity index (χ3n) is 2.21. The smallest absolute Gasteiger partial charge is 0.422 e. The number of ether oxygens (including phenoxy) is 1. The number of rotatable bonds is 3. The highest BCUT2D eigenvalue weighted by Crippen LogP contribution is 2.30. The number of alkyl halides is 3. The molecule has 2 aromatic rings. The summed E-state index contributed by atoms with van der Waals surface area (Å²) >= 11 is 0. The lowest BCUT2D eigenvalue weighted by atomic mass is 10.1. The van der Waals surface area contributed by atoms with Gasteiger partial charge in [0.15, 0.2) is 6.61 Å². The van der Waals surface area contributed by atoms with E-state index in [1.54, 1.807) is 0 Å². The van der Waals surface area contributed by atoms with Crippen molar-refractivity contribution in [2.75, 3.05) is 12.3 Å². The van der Waals surface area contributed by atoms with Gasteiger partial charge in [-0.25, -0.2) is 9.37 Å². The lowest BCUT2D eigenvalue weighted by Gasteiger charge is -2.12. The first kappa shape index (κ1) is 14.0. The Morgan fingerprint density at radius 2 is 1.95 bits per heavy atom. The minimum Gasteiger partial charge on any atom is -0.467 e. The molecule has 0 bridgehead atoms. The summed E-state index contributed by atoms with van der Waals surface area (Å²) in [6, 6.07) is 1.27. The van der Waals surface area contributed by atoms with Gasteiger partial charge in [-0.2, -0.15) is 18.2 Å². The Hall–Kier alpha value is -2.45. The maximum Gasteiger partial charge on any atom is 0.422 e. The summed E-state index contributed by atoms with van der Waals surface area (Å²) in [5.74, 6) is -1.46. The van der Waals surface area contributed by atoms with Crippen LogP contribution in [0.15, 0.2) is 24.7 Å². The third-order valence-corrected chi connectivity index (χ3v) is 2.21. The zero-order valence-corrected chi connectivity index (χ0v) is 9.86. The molecule has 0 aliphatic heterocycles. The Bertz CT molecular complexity index is 618. The van der Waals surface area contributed by atoms with Gasteiger partial charge in [0, 0.05) is 18.0 Å². The van der Waals surface area contributed by atoms with E-state index >= 15 is 0 Å². The first-order chi connectivity index (χ1) is 9.37. The molecule has 0 amide bonds. The summed E-state index contributed by atoms with van der Waals surface area (Å²) < 4.78 is 54.7. The lowest BCUT2D eigenvalue weighted by molar-refractivity contribution is -0.154. The zero-order valence-electron chi connectivity index (χ0n) is 9.86. The van der Waals surface area contributed by atoms with Crippen LogP contribution in [0.5, 0.6) is 5.88 Å². The second kappa shape index (κ2) is 5.27. The zero-order chi connectivity index (χ0) is 14.8. The number of nitrogens with two attached hydrogens (primary N) is 1. The van der Waals surface area contributed by atoms with Gasteiger partial charge in [0.2, 0.25) is 11.8 Å². The van der Waals surface area contributed by atoms with Crippen LogP contribution in [0, 0.1) is 5.82 Å². The average molecular weight is 288 g/mol. The predicted molar refractivity (Wildman–Crippen MR) is 61.2 cm³/mol. The SMILES string of the molecule is Nc1ncc(-c2ccncc2F)c(OCC(F)(F)F)n1. The molecule has 0 saturated carbocycles. The molecule has 2 aromatic heterocycles. The van der Waals surface area contributed by atoms with Crippen LogP contribution in [0.2, 0.25) is 0 Å². The van der Waals surface area contributed by atoms with Gasteiger partial charge in [-0.15, -0.1) is 0 Å². The fraction of sp³-hybridized carbons (Fsp3) is 0.182. The molecule has 106 valence electrons. The third kappa shape index (κ3) is 3.31. The number of aromatic nitrogens is 3. The maximum atomic E-state index is 13.6. The van der Waals surface area contributed by atoms with E-state index in [1.807, 2.05) is 0 Å². The van der Waals surface area contributed by atoms with Crippen LogP contribution in [0.25, 0.3) is 11.1 Å². The molecule has 0 aromatic carbocycles. The van der Waals surface area contributed by atoms with Crippen LogP contribution in [-0.2, 0) is 0 Å². The molecule has 0 fully saturated rings. The number of hydrogen-bond acceptors (Lipinski definition) is 5. The molecule has 9 heteroatoms. The van der Waals surface area contributed by atoms with Gasteiger partial charge in [-0.3, -0.25) is 4.98 Å². The van der Waals surface area contributed by atoms with Gasteiger partial charge in [0.05, 0.1) is 11.8 Å². The van der Waals surface area contributed by atoms with Crippen molar-refractivity contribution in [3.05, 3.63) is 30.5 Å². The van der Waals surface area contributed by atoms with Crippen molar-refractivity contribution in [1.29, 1.82) is 0 Å². The molecule has 2 N–H and O–H groups in total. The summed E-state index contributed by atoms with van der Waals surface area (Å²) in [7, 11) is 0.